The number of ether oxygens (including phenoxy) is 1. The molecule has 0 saturated carbocycles. The Hall–Kier alpha value is -1.73. The number of hydrogen-bond acceptors (Lipinski definition) is 5. The van der Waals surface area contributed by atoms with Crippen LogP contribution < -0.4 is 4.90 Å². The largest absolute Gasteiger partial charge is 0.380 e. The molecule has 2 saturated heterocycles. The Morgan fingerprint density at radius 2 is 2.09 bits per heavy atom. The smallest absolute Gasteiger partial charge is 0.240 e. The van der Waals surface area contributed by atoms with E-state index in [9.17, 15) is 9.18 Å². The van der Waals surface area contributed by atoms with Crippen LogP contribution in [-0.2, 0) is 9.53 Å². The Bertz CT molecular complexity index is 563. The highest BCUT2D eigenvalue weighted by Gasteiger charge is 2.37. The van der Waals surface area contributed by atoms with Crippen molar-refractivity contribution in [2.24, 2.45) is 0 Å². The first-order valence-corrected chi connectivity index (χ1v) is 7.97. The Morgan fingerprint density at radius 1 is 1.35 bits per heavy atom. The maximum Gasteiger partial charge on any atom is 0.240 e. The van der Waals surface area contributed by atoms with Crippen LogP contribution in [0.15, 0.2) is 18.3 Å². The number of anilines is 1. The fourth-order valence-electron chi connectivity index (χ4n) is 3.37. The second-order valence-electron chi connectivity index (χ2n) is 6.17. The van der Waals surface area contributed by atoms with Gasteiger partial charge in [-0.2, -0.15) is 0 Å². The number of aromatic nitrogens is 1. The molecule has 2 atom stereocenters. The predicted octanol–water partition coefficient (Wildman–Crippen LogP) is 0.588. The third kappa shape index (κ3) is 3.30. The average Bonchev–Trinajstić information content (AvgIpc) is 2.96. The van der Waals surface area contributed by atoms with Gasteiger partial charge in [-0.1, -0.05) is 0 Å². The molecule has 0 unspecified atom stereocenters. The Kier molecular flexibility index (Phi) is 4.77. The monoisotopic (exact) mass is 322 g/mol. The lowest BCUT2D eigenvalue weighted by atomic mass is 10.1. The third-order valence-corrected chi connectivity index (χ3v) is 4.76. The first kappa shape index (κ1) is 16.1. The van der Waals surface area contributed by atoms with Gasteiger partial charge in [0.05, 0.1) is 12.1 Å². The van der Waals surface area contributed by atoms with Crippen LogP contribution in [0.3, 0.4) is 0 Å². The Morgan fingerprint density at radius 3 is 2.70 bits per heavy atom. The molecule has 23 heavy (non-hydrogen) atoms. The van der Waals surface area contributed by atoms with Crippen molar-refractivity contribution in [2.75, 3.05) is 51.8 Å². The van der Waals surface area contributed by atoms with Gasteiger partial charge in [-0.3, -0.25) is 9.69 Å². The minimum atomic E-state index is -0.314. The first-order chi connectivity index (χ1) is 11.1. The van der Waals surface area contributed by atoms with Gasteiger partial charge in [0, 0.05) is 46.0 Å². The molecule has 0 spiro atoms. The number of piperazine rings is 1. The number of carbonyl (C=O) groups excluding carboxylic acids is 1. The number of methoxy groups -OCH3 is 1. The molecule has 0 bridgehead atoms. The summed E-state index contributed by atoms with van der Waals surface area (Å²) >= 11 is 0. The summed E-state index contributed by atoms with van der Waals surface area (Å²) < 4.78 is 19.2. The van der Waals surface area contributed by atoms with Gasteiger partial charge in [-0.15, -0.1) is 0 Å². The van der Waals surface area contributed by atoms with E-state index in [2.05, 4.69) is 9.88 Å². The van der Waals surface area contributed by atoms with Gasteiger partial charge < -0.3 is 14.5 Å². The summed E-state index contributed by atoms with van der Waals surface area (Å²) in [5.74, 6) is 0.205. The van der Waals surface area contributed by atoms with Crippen LogP contribution in [0.5, 0.6) is 0 Å². The number of likely N-dealkylation sites (N-methyl/N-ethyl adjacent to an activating group) is 1. The van der Waals surface area contributed by atoms with Crippen LogP contribution in [0.2, 0.25) is 0 Å². The molecule has 0 N–H and O–H groups in total. The van der Waals surface area contributed by atoms with Crippen molar-refractivity contribution in [3.05, 3.63) is 24.1 Å². The van der Waals surface area contributed by atoms with E-state index < -0.39 is 0 Å². The quantitative estimate of drug-likeness (QED) is 0.815. The molecule has 1 aromatic rings. The van der Waals surface area contributed by atoms with E-state index in [1.807, 2.05) is 16.8 Å². The summed E-state index contributed by atoms with van der Waals surface area (Å²) in [7, 11) is 3.65. The van der Waals surface area contributed by atoms with Crippen molar-refractivity contribution in [2.45, 2.75) is 18.6 Å². The van der Waals surface area contributed by atoms with Gasteiger partial charge in [0.2, 0.25) is 5.91 Å². The van der Waals surface area contributed by atoms with Gasteiger partial charge in [-0.25, -0.2) is 9.37 Å². The molecule has 2 aliphatic heterocycles. The van der Waals surface area contributed by atoms with E-state index in [4.69, 9.17) is 4.74 Å². The summed E-state index contributed by atoms with van der Waals surface area (Å²) in [5, 5.41) is 0. The fourth-order valence-corrected chi connectivity index (χ4v) is 3.37. The molecule has 7 heteroatoms. The molecule has 1 amide bonds. The number of nitrogens with zero attached hydrogens (tertiary/aromatic N) is 4. The normalized spacial score (nSPS) is 25.9. The molecule has 0 aromatic carbocycles. The van der Waals surface area contributed by atoms with Crippen molar-refractivity contribution in [3.63, 3.8) is 0 Å². The standard InChI is InChI=1S/C16H23FN4O2/c1-19-11-12(23-2)10-14(19)16(22)21-8-6-20(7-9-21)15-13(17)4-3-5-18-15/h3-5,12,14H,6-11H2,1-2H3/t12-,14-/m0/s1. The van der Waals surface area contributed by atoms with Crippen molar-refractivity contribution in [3.8, 4) is 0 Å². The molecule has 1 aromatic heterocycles. The highest BCUT2D eigenvalue weighted by molar-refractivity contribution is 5.82. The zero-order valence-electron chi connectivity index (χ0n) is 13.6. The van der Waals surface area contributed by atoms with Crippen molar-refractivity contribution >= 4 is 11.7 Å². The highest BCUT2D eigenvalue weighted by Crippen LogP contribution is 2.22. The van der Waals surface area contributed by atoms with Crippen molar-refractivity contribution in [1.29, 1.82) is 0 Å². The summed E-state index contributed by atoms with van der Waals surface area (Å²) in [6.45, 7) is 3.17. The van der Waals surface area contributed by atoms with Crippen LogP contribution in [0.25, 0.3) is 0 Å². The van der Waals surface area contributed by atoms with E-state index in [-0.39, 0.29) is 23.9 Å². The maximum atomic E-state index is 13.8. The molecule has 3 heterocycles. The third-order valence-electron chi connectivity index (χ3n) is 4.76. The summed E-state index contributed by atoms with van der Waals surface area (Å²) in [5.41, 5.74) is 0. The second kappa shape index (κ2) is 6.80. The minimum absolute atomic E-state index is 0.113. The predicted molar refractivity (Wildman–Crippen MR) is 84.8 cm³/mol. The fraction of sp³-hybridized carbons (Fsp3) is 0.625. The summed E-state index contributed by atoms with van der Waals surface area (Å²) in [6, 6.07) is 2.89. The van der Waals surface area contributed by atoms with Gasteiger partial charge in [0.25, 0.3) is 0 Å². The van der Waals surface area contributed by atoms with Gasteiger partial charge in [-0.05, 0) is 25.6 Å². The zero-order chi connectivity index (χ0) is 16.4. The number of amides is 1. The number of pyridine rings is 1. The number of hydrogen-bond donors (Lipinski definition) is 0. The summed E-state index contributed by atoms with van der Waals surface area (Å²) in [4.78, 5) is 22.6. The van der Waals surface area contributed by atoms with Gasteiger partial charge >= 0.3 is 0 Å². The topological polar surface area (TPSA) is 48.9 Å². The average molecular weight is 322 g/mol. The molecule has 3 rings (SSSR count). The molecule has 2 aliphatic rings. The van der Waals surface area contributed by atoms with Crippen molar-refractivity contribution in [1.82, 2.24) is 14.8 Å². The number of rotatable bonds is 3. The molecule has 6 nitrogen and oxygen atoms in total. The zero-order valence-corrected chi connectivity index (χ0v) is 13.6. The molecule has 0 radical (unpaired) electrons. The molecule has 0 aliphatic carbocycles. The van der Waals surface area contributed by atoms with Crippen LogP contribution in [-0.4, -0.2) is 79.7 Å². The molecular formula is C16H23FN4O2. The lowest BCUT2D eigenvalue weighted by Gasteiger charge is -2.37. The van der Waals surface area contributed by atoms with E-state index in [1.54, 1.807) is 19.4 Å². The van der Waals surface area contributed by atoms with Crippen LogP contribution in [0, 0.1) is 5.82 Å². The van der Waals surface area contributed by atoms with Crippen LogP contribution in [0.4, 0.5) is 10.2 Å². The highest BCUT2D eigenvalue weighted by atomic mass is 19.1. The molecule has 2 fully saturated rings. The lowest BCUT2D eigenvalue weighted by molar-refractivity contribution is -0.135. The minimum Gasteiger partial charge on any atom is -0.380 e. The number of halogens is 1. The van der Waals surface area contributed by atoms with Crippen molar-refractivity contribution < 1.29 is 13.9 Å². The molecule has 126 valence electrons. The maximum absolute atomic E-state index is 13.8. The van der Waals surface area contributed by atoms with Crippen LogP contribution >= 0.6 is 0 Å². The van der Waals surface area contributed by atoms with E-state index in [0.29, 0.717) is 32.0 Å². The van der Waals surface area contributed by atoms with Crippen LogP contribution in [0.1, 0.15) is 6.42 Å². The number of likely N-dealkylation sites (tertiary alicyclic amines) is 1. The van der Waals surface area contributed by atoms with Gasteiger partial charge in [0.15, 0.2) is 11.6 Å². The Balaban J connectivity index is 1.59. The van der Waals surface area contributed by atoms with E-state index in [1.165, 1.54) is 6.07 Å². The Labute approximate surface area is 135 Å². The lowest BCUT2D eigenvalue weighted by Crippen LogP contribution is -2.53. The van der Waals surface area contributed by atoms with Gasteiger partial charge in [0.1, 0.15) is 0 Å². The first-order valence-electron chi connectivity index (χ1n) is 7.97. The number of carbonyl (C=O) groups is 1. The SMILES string of the molecule is CO[C@H]1C[C@@H](C(=O)N2CCN(c3ncccc3F)CC2)N(C)C1. The second-order valence-corrected chi connectivity index (χ2v) is 6.17. The van der Waals surface area contributed by atoms with E-state index >= 15 is 0 Å². The summed E-state index contributed by atoms with van der Waals surface area (Å²) in [6.07, 6.45) is 2.45. The van der Waals surface area contributed by atoms with E-state index in [0.717, 1.165) is 13.0 Å². The molecular weight excluding hydrogens is 299 g/mol.